The maximum Gasteiger partial charge on any atom is 0.411 e. The molecule has 2 aromatic rings. The summed E-state index contributed by atoms with van der Waals surface area (Å²) in [5.41, 5.74) is 0.578. The topological polar surface area (TPSA) is 84.9 Å². The second kappa shape index (κ2) is 12.9. The average molecular weight is 536 g/mol. The van der Waals surface area contributed by atoms with Crippen molar-refractivity contribution in [2.75, 3.05) is 35.0 Å². The van der Waals surface area contributed by atoms with Crippen LogP contribution in [0, 0.1) is 0 Å². The molecule has 2 saturated heterocycles. The lowest BCUT2D eigenvalue weighted by Crippen LogP contribution is -2.72. The van der Waals surface area contributed by atoms with Gasteiger partial charge in [-0.05, 0) is 30.4 Å². The molecule has 4 rings (SSSR count). The van der Waals surface area contributed by atoms with Gasteiger partial charge in [0, 0.05) is 35.0 Å². The average Bonchev–Trinajstić information content (AvgIpc) is 2.95. The number of ether oxygens (including phenoxy) is 5. The summed E-state index contributed by atoms with van der Waals surface area (Å²) in [6, 6.07) is 19.2. The van der Waals surface area contributed by atoms with Crippen LogP contribution in [0.15, 0.2) is 60.7 Å². The normalized spacial score (nSPS) is 29.0. The molecule has 0 saturated carbocycles. The van der Waals surface area contributed by atoms with Gasteiger partial charge in [-0.1, -0.05) is 60.7 Å². The van der Waals surface area contributed by atoms with Gasteiger partial charge >= 0.3 is 7.75 Å². The Hall–Kier alpha value is -1.65. The van der Waals surface area contributed by atoms with Gasteiger partial charge in [0.1, 0.15) is 18.3 Å². The zero-order valence-electron chi connectivity index (χ0n) is 22.0. The van der Waals surface area contributed by atoms with Gasteiger partial charge in [0.05, 0.1) is 13.2 Å². The van der Waals surface area contributed by atoms with E-state index in [1.54, 1.807) is 33.1 Å². The van der Waals surface area contributed by atoms with Crippen LogP contribution < -0.4 is 0 Å². The molecule has 9 nitrogen and oxygen atoms in total. The van der Waals surface area contributed by atoms with E-state index in [9.17, 15) is 4.57 Å². The summed E-state index contributed by atoms with van der Waals surface area (Å²) in [5, 5.41) is 0. The molecule has 10 heteroatoms. The van der Waals surface area contributed by atoms with Gasteiger partial charge in [-0.25, -0.2) is 4.57 Å². The van der Waals surface area contributed by atoms with E-state index >= 15 is 0 Å². The molecule has 204 valence electrons. The van der Waals surface area contributed by atoms with Gasteiger partial charge in [-0.3, -0.25) is 9.05 Å². The van der Waals surface area contributed by atoms with E-state index < -0.39 is 38.1 Å². The first-order valence-electron chi connectivity index (χ1n) is 12.6. The summed E-state index contributed by atoms with van der Waals surface area (Å²) < 4.78 is 58.8. The Bertz CT molecular complexity index is 964. The van der Waals surface area contributed by atoms with Crippen molar-refractivity contribution in [3.8, 4) is 0 Å². The molecule has 0 N–H and O–H groups in total. The summed E-state index contributed by atoms with van der Waals surface area (Å²) in [6.45, 7) is 0.643. The second-order valence-corrected chi connectivity index (χ2v) is 11.1. The highest BCUT2D eigenvalue weighted by atomic mass is 31.2. The van der Waals surface area contributed by atoms with E-state index in [4.69, 9.17) is 32.7 Å². The van der Waals surface area contributed by atoms with Crippen LogP contribution in [-0.2, 0) is 50.5 Å². The third-order valence-corrected chi connectivity index (χ3v) is 9.09. The van der Waals surface area contributed by atoms with E-state index in [2.05, 4.69) is 0 Å². The minimum atomic E-state index is -3.94. The highest BCUT2D eigenvalue weighted by Crippen LogP contribution is 2.61. The third kappa shape index (κ3) is 6.01. The zero-order valence-corrected chi connectivity index (χ0v) is 22.9. The molecule has 2 aliphatic rings. The van der Waals surface area contributed by atoms with Crippen molar-refractivity contribution in [2.45, 2.75) is 62.8 Å². The zero-order chi connectivity index (χ0) is 26.3. The maximum atomic E-state index is 14.8. The fourth-order valence-corrected chi connectivity index (χ4v) is 7.30. The highest BCUT2D eigenvalue weighted by Gasteiger charge is 2.63. The van der Waals surface area contributed by atoms with Crippen molar-refractivity contribution < 1.29 is 37.3 Å². The molecule has 2 heterocycles. The second-order valence-electron chi connectivity index (χ2n) is 9.19. The number of nitrogens with zero attached hydrogens (tertiary/aromatic N) is 1. The standard InChI is InChI=1S/C27H38NO8P/c1-30-23-24(31-2)26(33-4)36-27(25(23)32-3)17-11-12-18-28(27)37(29,34-19-21-13-7-5-8-14-21)35-20-22-15-9-6-10-16-22/h5-10,13-16,23-26H,11-12,17-20H2,1-4H3/t23-,24-,25+,26-,27-/m1/s1. The fraction of sp³-hybridized carbons (Fsp3) is 0.556. The van der Waals surface area contributed by atoms with Crippen LogP contribution in [0.4, 0.5) is 0 Å². The first-order valence-corrected chi connectivity index (χ1v) is 14.0. The van der Waals surface area contributed by atoms with Gasteiger partial charge in [0.2, 0.25) is 0 Å². The smallest absolute Gasteiger partial charge is 0.376 e. The molecule has 2 aromatic carbocycles. The lowest BCUT2D eigenvalue weighted by molar-refractivity contribution is -0.368. The van der Waals surface area contributed by atoms with Crippen LogP contribution in [0.3, 0.4) is 0 Å². The molecule has 2 fully saturated rings. The molecule has 37 heavy (non-hydrogen) atoms. The Morgan fingerprint density at radius 2 is 1.38 bits per heavy atom. The van der Waals surface area contributed by atoms with E-state index in [1.807, 2.05) is 60.7 Å². The van der Waals surface area contributed by atoms with Crippen LogP contribution in [0.2, 0.25) is 0 Å². The maximum absolute atomic E-state index is 14.8. The Labute approximate surface area is 219 Å². The highest BCUT2D eigenvalue weighted by molar-refractivity contribution is 7.51. The monoisotopic (exact) mass is 535 g/mol. The first kappa shape index (κ1) is 28.4. The fourth-order valence-electron chi connectivity index (χ4n) is 5.26. The number of hydrogen-bond acceptors (Lipinski definition) is 8. The predicted octanol–water partition coefficient (Wildman–Crippen LogP) is 4.76. The summed E-state index contributed by atoms with van der Waals surface area (Å²) in [6.07, 6.45) is -0.387. The summed E-state index contributed by atoms with van der Waals surface area (Å²) >= 11 is 0. The molecule has 1 spiro atoms. The first-order chi connectivity index (χ1) is 18.0. The van der Waals surface area contributed by atoms with Crippen LogP contribution >= 0.6 is 7.75 Å². The van der Waals surface area contributed by atoms with Gasteiger partial charge in [0.15, 0.2) is 12.0 Å². The van der Waals surface area contributed by atoms with Crippen molar-refractivity contribution in [3.05, 3.63) is 71.8 Å². The Morgan fingerprint density at radius 1 is 0.811 bits per heavy atom. The van der Waals surface area contributed by atoms with Crippen LogP contribution in [-0.4, -0.2) is 70.0 Å². The number of methoxy groups -OCH3 is 4. The van der Waals surface area contributed by atoms with Gasteiger partial charge < -0.3 is 23.7 Å². The number of hydrogen-bond donors (Lipinski definition) is 0. The molecular formula is C27H38NO8P. The van der Waals surface area contributed by atoms with Crippen molar-refractivity contribution in [1.29, 1.82) is 0 Å². The number of rotatable bonds is 11. The van der Waals surface area contributed by atoms with E-state index in [0.717, 1.165) is 24.0 Å². The quantitative estimate of drug-likeness (QED) is 0.378. The van der Waals surface area contributed by atoms with Gasteiger partial charge in [-0.2, -0.15) is 4.67 Å². The molecule has 0 radical (unpaired) electrons. The molecule has 2 aliphatic heterocycles. The SMILES string of the molecule is CO[C@@H]1O[C@]2(CCCCN2P(=O)(OCc2ccccc2)OCc2ccccc2)[C@@H](OC)[C@H](OC)[C@H]1OC. The Balaban J connectivity index is 1.72. The van der Waals surface area contributed by atoms with Crippen LogP contribution in [0.1, 0.15) is 30.4 Å². The number of benzene rings is 2. The van der Waals surface area contributed by atoms with E-state index in [1.165, 1.54) is 0 Å². The lowest BCUT2D eigenvalue weighted by atomic mass is 9.86. The predicted molar refractivity (Wildman–Crippen MR) is 138 cm³/mol. The largest absolute Gasteiger partial charge is 0.411 e. The summed E-state index contributed by atoms with van der Waals surface area (Å²) in [5.74, 6) is 0. The minimum Gasteiger partial charge on any atom is -0.376 e. The third-order valence-electron chi connectivity index (χ3n) is 7.05. The van der Waals surface area contributed by atoms with Crippen molar-refractivity contribution in [3.63, 3.8) is 0 Å². The molecule has 0 aliphatic carbocycles. The molecule has 5 atom stereocenters. The molecule has 0 unspecified atom stereocenters. The van der Waals surface area contributed by atoms with E-state index in [0.29, 0.717) is 13.0 Å². The van der Waals surface area contributed by atoms with Crippen LogP contribution in [0.5, 0.6) is 0 Å². The Morgan fingerprint density at radius 3 is 1.86 bits per heavy atom. The van der Waals surface area contributed by atoms with Crippen LogP contribution in [0.25, 0.3) is 0 Å². The van der Waals surface area contributed by atoms with Crippen molar-refractivity contribution in [1.82, 2.24) is 4.67 Å². The van der Waals surface area contributed by atoms with Gasteiger partial charge in [-0.15, -0.1) is 0 Å². The van der Waals surface area contributed by atoms with Gasteiger partial charge in [0.25, 0.3) is 0 Å². The minimum absolute atomic E-state index is 0.110. The molecular weight excluding hydrogens is 497 g/mol. The van der Waals surface area contributed by atoms with Crippen molar-refractivity contribution in [2.24, 2.45) is 0 Å². The lowest BCUT2D eigenvalue weighted by Gasteiger charge is -2.57. The summed E-state index contributed by atoms with van der Waals surface area (Å²) in [7, 11) is 2.38. The molecule has 0 aromatic heterocycles. The Kier molecular flexibility index (Phi) is 9.91. The summed E-state index contributed by atoms with van der Waals surface area (Å²) in [4.78, 5) is 0. The molecule has 0 amide bonds. The molecule has 0 bridgehead atoms. The number of piperidine rings is 1. The van der Waals surface area contributed by atoms with Crippen molar-refractivity contribution >= 4 is 7.75 Å². The van der Waals surface area contributed by atoms with E-state index in [-0.39, 0.29) is 13.2 Å².